The summed E-state index contributed by atoms with van der Waals surface area (Å²) in [5.74, 6) is -1.37. The molecule has 1 N–H and O–H groups in total. The average Bonchev–Trinajstić information content (AvgIpc) is 2.34. The Balaban J connectivity index is 2.23. The summed E-state index contributed by atoms with van der Waals surface area (Å²) in [7, 11) is 0. The van der Waals surface area contributed by atoms with Crippen LogP contribution in [0.15, 0.2) is 46.9 Å². The maximum Gasteiger partial charge on any atom is 0.126 e. The topological polar surface area (TPSA) is 20.2 Å². The predicted molar refractivity (Wildman–Crippen MR) is 74.0 cm³/mol. The monoisotopic (exact) mass is 326 g/mol. The molecule has 4 heteroatoms. The number of hydrogen-bond donors (Lipinski definition) is 1. The molecule has 0 radical (unpaired) electrons. The van der Waals surface area contributed by atoms with Crippen molar-refractivity contribution in [1.82, 2.24) is 0 Å². The smallest absolute Gasteiger partial charge is 0.126 e. The molecule has 0 aliphatic heterocycles. The minimum atomic E-state index is -0.596. The van der Waals surface area contributed by atoms with Gasteiger partial charge in [0.2, 0.25) is 0 Å². The van der Waals surface area contributed by atoms with Crippen LogP contribution >= 0.6 is 15.9 Å². The van der Waals surface area contributed by atoms with Gasteiger partial charge >= 0.3 is 0 Å². The van der Waals surface area contributed by atoms with Gasteiger partial charge in [0.05, 0.1) is 6.61 Å². The van der Waals surface area contributed by atoms with Crippen LogP contribution in [-0.4, -0.2) is 11.7 Å². The molecule has 0 aromatic heterocycles. The highest BCUT2D eigenvalue weighted by Gasteiger charge is 2.13. The molecule has 1 atom stereocenters. The van der Waals surface area contributed by atoms with Crippen molar-refractivity contribution in [2.75, 3.05) is 6.61 Å². The van der Waals surface area contributed by atoms with E-state index < -0.39 is 11.6 Å². The number of hydrogen-bond acceptors (Lipinski definition) is 1. The van der Waals surface area contributed by atoms with Crippen LogP contribution in [0.1, 0.15) is 17.0 Å². The third kappa shape index (κ3) is 3.85. The zero-order valence-corrected chi connectivity index (χ0v) is 11.7. The Morgan fingerprint density at radius 1 is 1.05 bits per heavy atom. The lowest BCUT2D eigenvalue weighted by atomic mass is 9.93. The van der Waals surface area contributed by atoms with Crippen molar-refractivity contribution in [2.45, 2.75) is 12.3 Å². The Bertz CT molecular complexity index is 552. The van der Waals surface area contributed by atoms with E-state index in [0.717, 1.165) is 16.1 Å². The maximum absolute atomic E-state index is 13.1. The fourth-order valence-corrected chi connectivity index (χ4v) is 2.48. The summed E-state index contributed by atoms with van der Waals surface area (Å²) in [6.07, 6.45) is 0.391. The standard InChI is InChI=1S/C15H13BrF2O/c16-13-3-1-2-11(7-13)12(9-19)4-10-5-14(17)8-15(18)6-10/h1-3,5-8,12,19H,4,9H2. The zero-order chi connectivity index (χ0) is 13.8. The van der Waals surface area contributed by atoms with E-state index >= 15 is 0 Å². The molecule has 2 aromatic carbocycles. The van der Waals surface area contributed by atoms with Gasteiger partial charge in [-0.1, -0.05) is 28.1 Å². The lowest BCUT2D eigenvalue weighted by molar-refractivity contribution is 0.264. The van der Waals surface area contributed by atoms with Crippen LogP contribution in [0.2, 0.25) is 0 Å². The van der Waals surface area contributed by atoms with Gasteiger partial charge < -0.3 is 5.11 Å². The molecule has 0 bridgehead atoms. The molecule has 0 amide bonds. The highest BCUT2D eigenvalue weighted by atomic mass is 79.9. The first-order valence-corrected chi connectivity index (χ1v) is 6.69. The lowest BCUT2D eigenvalue weighted by Gasteiger charge is -2.15. The molecule has 2 rings (SSSR count). The van der Waals surface area contributed by atoms with Crippen LogP contribution in [-0.2, 0) is 6.42 Å². The average molecular weight is 327 g/mol. The van der Waals surface area contributed by atoms with E-state index in [1.807, 2.05) is 24.3 Å². The molecule has 0 saturated carbocycles. The minimum Gasteiger partial charge on any atom is -0.396 e. The molecule has 2 aromatic rings. The van der Waals surface area contributed by atoms with E-state index in [1.165, 1.54) is 12.1 Å². The third-order valence-corrected chi connectivity index (χ3v) is 3.44. The molecule has 100 valence electrons. The van der Waals surface area contributed by atoms with Crippen molar-refractivity contribution in [3.05, 3.63) is 69.7 Å². The van der Waals surface area contributed by atoms with Crippen molar-refractivity contribution in [3.63, 3.8) is 0 Å². The van der Waals surface area contributed by atoms with E-state index in [0.29, 0.717) is 12.0 Å². The lowest BCUT2D eigenvalue weighted by Crippen LogP contribution is -2.08. The van der Waals surface area contributed by atoms with Crippen LogP contribution in [0.25, 0.3) is 0 Å². The maximum atomic E-state index is 13.1. The number of rotatable bonds is 4. The molecule has 0 aliphatic carbocycles. The Labute approximate surface area is 119 Å². The van der Waals surface area contributed by atoms with Crippen LogP contribution in [0.5, 0.6) is 0 Å². The summed E-state index contributed by atoms with van der Waals surface area (Å²) in [5, 5.41) is 9.47. The Hall–Kier alpha value is -1.26. The first-order chi connectivity index (χ1) is 9.08. The number of aliphatic hydroxyl groups is 1. The predicted octanol–water partition coefficient (Wildman–Crippen LogP) is 4.05. The van der Waals surface area contributed by atoms with Crippen molar-refractivity contribution in [2.24, 2.45) is 0 Å². The van der Waals surface area contributed by atoms with Gasteiger partial charge in [0.25, 0.3) is 0 Å². The van der Waals surface area contributed by atoms with E-state index in [9.17, 15) is 13.9 Å². The van der Waals surface area contributed by atoms with Crippen molar-refractivity contribution >= 4 is 15.9 Å². The molecular weight excluding hydrogens is 314 g/mol. The molecule has 0 heterocycles. The summed E-state index contributed by atoms with van der Waals surface area (Å²) in [4.78, 5) is 0. The van der Waals surface area contributed by atoms with Crippen molar-refractivity contribution in [1.29, 1.82) is 0 Å². The molecule has 1 unspecified atom stereocenters. The van der Waals surface area contributed by atoms with E-state index in [1.54, 1.807) is 0 Å². The van der Waals surface area contributed by atoms with Gasteiger partial charge in [0.15, 0.2) is 0 Å². The van der Waals surface area contributed by atoms with Gasteiger partial charge in [-0.15, -0.1) is 0 Å². The van der Waals surface area contributed by atoms with Crippen molar-refractivity contribution < 1.29 is 13.9 Å². The fourth-order valence-electron chi connectivity index (χ4n) is 2.06. The summed E-state index contributed by atoms with van der Waals surface area (Å²) in [6, 6.07) is 11.0. The molecule has 0 saturated heterocycles. The fraction of sp³-hybridized carbons (Fsp3) is 0.200. The second-order valence-corrected chi connectivity index (χ2v) is 5.33. The van der Waals surface area contributed by atoms with Crippen LogP contribution < -0.4 is 0 Å². The van der Waals surface area contributed by atoms with Gasteiger partial charge in [-0.25, -0.2) is 8.78 Å². The van der Waals surface area contributed by atoms with Crippen LogP contribution in [0.4, 0.5) is 8.78 Å². The molecule has 19 heavy (non-hydrogen) atoms. The van der Waals surface area contributed by atoms with Crippen LogP contribution in [0.3, 0.4) is 0 Å². The SMILES string of the molecule is OCC(Cc1cc(F)cc(F)c1)c1cccc(Br)c1. The van der Waals surface area contributed by atoms with Gasteiger partial charge in [-0.3, -0.25) is 0 Å². The Morgan fingerprint density at radius 3 is 2.32 bits per heavy atom. The van der Waals surface area contributed by atoms with E-state index in [4.69, 9.17) is 0 Å². The normalized spacial score (nSPS) is 12.4. The summed E-state index contributed by atoms with van der Waals surface area (Å²) in [6.45, 7) is -0.0748. The van der Waals surface area contributed by atoms with Gasteiger partial charge in [0.1, 0.15) is 11.6 Å². The molecule has 1 nitrogen and oxygen atoms in total. The summed E-state index contributed by atoms with van der Waals surface area (Å²) >= 11 is 3.37. The second kappa shape index (κ2) is 6.26. The molecular formula is C15H13BrF2O. The largest absolute Gasteiger partial charge is 0.396 e. The third-order valence-electron chi connectivity index (χ3n) is 2.94. The number of aliphatic hydroxyl groups excluding tert-OH is 1. The van der Waals surface area contributed by atoms with E-state index in [2.05, 4.69) is 15.9 Å². The molecule has 0 aliphatic rings. The Kier molecular flexibility index (Phi) is 4.66. The second-order valence-electron chi connectivity index (χ2n) is 4.42. The van der Waals surface area contributed by atoms with Gasteiger partial charge in [-0.05, 0) is 41.8 Å². The highest BCUT2D eigenvalue weighted by Crippen LogP contribution is 2.24. The first-order valence-electron chi connectivity index (χ1n) is 5.90. The van der Waals surface area contributed by atoms with Gasteiger partial charge in [0, 0.05) is 16.5 Å². The van der Waals surface area contributed by atoms with Crippen LogP contribution in [0, 0.1) is 11.6 Å². The zero-order valence-electron chi connectivity index (χ0n) is 10.1. The van der Waals surface area contributed by atoms with E-state index in [-0.39, 0.29) is 12.5 Å². The first kappa shape index (κ1) is 14.2. The van der Waals surface area contributed by atoms with Crippen molar-refractivity contribution in [3.8, 4) is 0 Å². The van der Waals surface area contributed by atoms with Gasteiger partial charge in [-0.2, -0.15) is 0 Å². The quantitative estimate of drug-likeness (QED) is 0.898. The number of halogens is 3. The molecule has 0 fully saturated rings. The number of benzene rings is 2. The molecule has 0 spiro atoms. The highest BCUT2D eigenvalue weighted by molar-refractivity contribution is 9.10. The minimum absolute atomic E-state index is 0.0748. The Morgan fingerprint density at radius 2 is 1.74 bits per heavy atom. The summed E-state index contributed by atoms with van der Waals surface area (Å²) < 4.78 is 27.2. The summed E-state index contributed by atoms with van der Waals surface area (Å²) in [5.41, 5.74) is 1.47.